The summed E-state index contributed by atoms with van der Waals surface area (Å²) >= 11 is 0. The Labute approximate surface area is 112 Å². The summed E-state index contributed by atoms with van der Waals surface area (Å²) in [7, 11) is -3.69. The molecule has 1 aromatic rings. The molecule has 106 valence electrons. The number of hydrogen-bond acceptors (Lipinski definition) is 6. The van der Waals surface area contributed by atoms with Crippen LogP contribution in [0.4, 0.5) is 5.69 Å². The van der Waals surface area contributed by atoms with E-state index < -0.39 is 10.0 Å². The lowest BCUT2D eigenvalue weighted by atomic mass is 10.1. The van der Waals surface area contributed by atoms with Gasteiger partial charge in [0.2, 0.25) is 0 Å². The first-order chi connectivity index (χ1) is 9.03. The number of hydrazine groups is 1. The lowest BCUT2D eigenvalue weighted by molar-refractivity contribution is 0.0173. The van der Waals surface area contributed by atoms with Gasteiger partial charge in [-0.05, 0) is 31.9 Å². The number of ether oxygens (including phenoxy) is 1. The van der Waals surface area contributed by atoms with Gasteiger partial charge in [-0.3, -0.25) is 5.84 Å². The molecule has 1 fully saturated rings. The van der Waals surface area contributed by atoms with Gasteiger partial charge in [0.15, 0.2) is 5.03 Å². The number of nitrogens with zero attached hydrogens (tertiary/aromatic N) is 1. The van der Waals surface area contributed by atoms with Crippen molar-refractivity contribution in [3.63, 3.8) is 0 Å². The van der Waals surface area contributed by atoms with Gasteiger partial charge in [-0.25, -0.2) is 18.1 Å². The SMILES string of the molecule is CC1CC(NS(=O)(=O)c2ncccc2NN)CCO1. The van der Waals surface area contributed by atoms with E-state index in [2.05, 4.69) is 15.1 Å². The summed E-state index contributed by atoms with van der Waals surface area (Å²) in [4.78, 5) is 3.88. The topological polar surface area (TPSA) is 106 Å². The molecule has 2 rings (SSSR count). The molecule has 2 heterocycles. The minimum Gasteiger partial charge on any atom is -0.378 e. The molecule has 0 radical (unpaired) electrons. The highest BCUT2D eigenvalue weighted by molar-refractivity contribution is 7.89. The van der Waals surface area contributed by atoms with Crippen molar-refractivity contribution < 1.29 is 13.2 Å². The van der Waals surface area contributed by atoms with Gasteiger partial charge in [0.25, 0.3) is 10.0 Å². The number of nitrogens with two attached hydrogens (primary N) is 1. The molecule has 1 aromatic heterocycles. The normalized spacial score (nSPS) is 24.1. The van der Waals surface area contributed by atoms with Crippen molar-refractivity contribution in [2.45, 2.75) is 36.9 Å². The van der Waals surface area contributed by atoms with Crippen LogP contribution in [-0.2, 0) is 14.8 Å². The standard InChI is InChI=1S/C11H18N4O3S/c1-8-7-9(4-6-18-8)15-19(16,17)11-10(14-12)3-2-5-13-11/h2-3,5,8-9,14-15H,4,6-7,12H2,1H3. The molecule has 7 nitrogen and oxygen atoms in total. The molecular formula is C11H18N4O3S. The summed E-state index contributed by atoms with van der Waals surface area (Å²) in [6.07, 6.45) is 2.78. The van der Waals surface area contributed by atoms with E-state index in [4.69, 9.17) is 10.6 Å². The molecule has 8 heteroatoms. The third kappa shape index (κ3) is 3.41. The van der Waals surface area contributed by atoms with E-state index in [1.54, 1.807) is 12.1 Å². The molecule has 2 atom stereocenters. The van der Waals surface area contributed by atoms with Gasteiger partial charge < -0.3 is 10.2 Å². The summed E-state index contributed by atoms with van der Waals surface area (Å²) in [6.45, 7) is 2.48. The van der Waals surface area contributed by atoms with E-state index in [-0.39, 0.29) is 22.9 Å². The molecule has 19 heavy (non-hydrogen) atoms. The van der Waals surface area contributed by atoms with Crippen molar-refractivity contribution in [3.8, 4) is 0 Å². The fourth-order valence-electron chi connectivity index (χ4n) is 2.10. The maximum atomic E-state index is 12.3. The highest BCUT2D eigenvalue weighted by Gasteiger charge is 2.27. The number of nitrogen functional groups attached to an aromatic ring is 1. The zero-order chi connectivity index (χ0) is 13.9. The van der Waals surface area contributed by atoms with Crippen LogP contribution < -0.4 is 16.0 Å². The van der Waals surface area contributed by atoms with Crippen LogP contribution in [0.1, 0.15) is 19.8 Å². The minimum absolute atomic E-state index is 0.0530. The number of pyridine rings is 1. The molecule has 4 N–H and O–H groups in total. The van der Waals surface area contributed by atoms with Crippen LogP contribution in [0.2, 0.25) is 0 Å². The molecular weight excluding hydrogens is 268 g/mol. The van der Waals surface area contributed by atoms with Gasteiger partial charge >= 0.3 is 0 Å². The first-order valence-corrected chi connectivity index (χ1v) is 7.57. The Hall–Kier alpha value is -1.22. The molecule has 1 aliphatic heterocycles. The Balaban J connectivity index is 2.18. The number of nitrogens with one attached hydrogen (secondary N) is 2. The summed E-state index contributed by atoms with van der Waals surface area (Å²) < 4.78 is 32.6. The maximum absolute atomic E-state index is 12.3. The van der Waals surface area contributed by atoms with Crippen molar-refractivity contribution in [1.82, 2.24) is 9.71 Å². The monoisotopic (exact) mass is 286 g/mol. The first kappa shape index (κ1) is 14.2. The Morgan fingerprint density at radius 3 is 3.00 bits per heavy atom. The van der Waals surface area contributed by atoms with Crippen LogP contribution in [0.15, 0.2) is 23.4 Å². The summed E-state index contributed by atoms with van der Waals surface area (Å²) in [5.41, 5.74) is 2.61. The van der Waals surface area contributed by atoms with Gasteiger partial charge in [-0.2, -0.15) is 0 Å². The number of rotatable bonds is 4. The smallest absolute Gasteiger partial charge is 0.260 e. The van der Waals surface area contributed by atoms with Crippen LogP contribution in [-0.4, -0.2) is 32.2 Å². The fourth-order valence-corrected chi connectivity index (χ4v) is 3.48. The Bertz CT molecular complexity index is 534. The number of aromatic nitrogens is 1. The second-order valence-corrected chi connectivity index (χ2v) is 6.15. The zero-order valence-corrected chi connectivity index (χ0v) is 11.5. The van der Waals surface area contributed by atoms with Crippen LogP contribution in [0.5, 0.6) is 0 Å². The first-order valence-electron chi connectivity index (χ1n) is 6.08. The van der Waals surface area contributed by atoms with Crippen molar-refractivity contribution in [3.05, 3.63) is 18.3 Å². The number of anilines is 1. The fraction of sp³-hybridized carbons (Fsp3) is 0.545. The van der Waals surface area contributed by atoms with Gasteiger partial charge in [0, 0.05) is 18.8 Å². The maximum Gasteiger partial charge on any atom is 0.260 e. The average molecular weight is 286 g/mol. The van der Waals surface area contributed by atoms with Crippen molar-refractivity contribution in [2.75, 3.05) is 12.0 Å². The lowest BCUT2D eigenvalue weighted by Crippen LogP contribution is -2.41. The molecule has 2 unspecified atom stereocenters. The molecule has 1 aliphatic rings. The lowest BCUT2D eigenvalue weighted by Gasteiger charge is -2.27. The molecule has 1 saturated heterocycles. The Kier molecular flexibility index (Phi) is 4.35. The van der Waals surface area contributed by atoms with E-state index in [0.717, 1.165) is 0 Å². The zero-order valence-electron chi connectivity index (χ0n) is 10.7. The molecule has 0 saturated carbocycles. The largest absolute Gasteiger partial charge is 0.378 e. The van der Waals surface area contributed by atoms with Crippen LogP contribution in [0, 0.1) is 0 Å². The minimum atomic E-state index is -3.69. The van der Waals surface area contributed by atoms with Crippen molar-refractivity contribution in [1.29, 1.82) is 0 Å². The highest BCUT2D eigenvalue weighted by Crippen LogP contribution is 2.20. The van der Waals surface area contributed by atoms with E-state index in [1.165, 1.54) is 6.20 Å². The average Bonchev–Trinajstić information content (AvgIpc) is 2.38. The van der Waals surface area contributed by atoms with E-state index in [9.17, 15) is 8.42 Å². The third-order valence-corrected chi connectivity index (χ3v) is 4.47. The second-order valence-electron chi connectivity index (χ2n) is 4.52. The third-order valence-electron chi connectivity index (χ3n) is 2.99. The van der Waals surface area contributed by atoms with Gasteiger partial charge in [-0.1, -0.05) is 0 Å². The van der Waals surface area contributed by atoms with Crippen LogP contribution in [0.3, 0.4) is 0 Å². The summed E-state index contributed by atoms with van der Waals surface area (Å²) in [5.74, 6) is 5.30. The van der Waals surface area contributed by atoms with Gasteiger partial charge in [0.1, 0.15) is 0 Å². The second kappa shape index (κ2) is 5.83. The number of sulfonamides is 1. The van der Waals surface area contributed by atoms with Crippen molar-refractivity contribution in [2.24, 2.45) is 5.84 Å². The quantitative estimate of drug-likeness (QED) is 0.540. The van der Waals surface area contributed by atoms with Gasteiger partial charge in [0.05, 0.1) is 11.8 Å². The van der Waals surface area contributed by atoms with Crippen molar-refractivity contribution >= 4 is 15.7 Å². The molecule has 0 aliphatic carbocycles. The molecule has 0 spiro atoms. The van der Waals surface area contributed by atoms with Crippen LogP contribution in [0.25, 0.3) is 0 Å². The Morgan fingerprint density at radius 2 is 2.32 bits per heavy atom. The van der Waals surface area contributed by atoms with E-state index in [0.29, 0.717) is 19.4 Å². The molecule has 0 bridgehead atoms. The summed E-state index contributed by atoms with van der Waals surface area (Å²) in [5, 5.41) is -0.0864. The Morgan fingerprint density at radius 1 is 1.53 bits per heavy atom. The highest BCUT2D eigenvalue weighted by atomic mass is 32.2. The predicted molar refractivity (Wildman–Crippen MR) is 70.8 cm³/mol. The molecule has 0 aromatic carbocycles. The van der Waals surface area contributed by atoms with E-state index >= 15 is 0 Å². The molecule has 0 amide bonds. The predicted octanol–water partition coefficient (Wildman–Crippen LogP) is 0.213. The van der Waals surface area contributed by atoms with Crippen LogP contribution >= 0.6 is 0 Å². The number of hydrogen-bond donors (Lipinski definition) is 3. The van der Waals surface area contributed by atoms with E-state index in [1.807, 2.05) is 6.92 Å². The van der Waals surface area contributed by atoms with Gasteiger partial charge in [-0.15, -0.1) is 0 Å². The summed E-state index contributed by atoms with van der Waals surface area (Å²) in [6, 6.07) is 3.04.